The summed E-state index contributed by atoms with van der Waals surface area (Å²) >= 11 is 0. The van der Waals surface area contributed by atoms with E-state index in [2.05, 4.69) is 149 Å². The Balaban J connectivity index is 1.48. The summed E-state index contributed by atoms with van der Waals surface area (Å²) in [6, 6.07) is 30.5. The first-order chi connectivity index (χ1) is 20.0. The lowest BCUT2D eigenvalue weighted by Gasteiger charge is -2.47. The lowest BCUT2D eigenvalue weighted by Crippen LogP contribution is -2.60. The van der Waals surface area contributed by atoms with Gasteiger partial charge in [0, 0.05) is 33.4 Å². The van der Waals surface area contributed by atoms with Crippen LogP contribution < -0.4 is 15.8 Å². The van der Waals surface area contributed by atoms with E-state index in [1.165, 1.54) is 72.0 Å². The maximum atomic E-state index is 2.66. The monoisotopic (exact) mass is 546 g/mol. The van der Waals surface area contributed by atoms with Crippen LogP contribution in [0.2, 0.25) is 0 Å². The van der Waals surface area contributed by atoms with Crippen LogP contribution in [-0.4, -0.2) is 17.3 Å². The summed E-state index contributed by atoms with van der Waals surface area (Å²) in [6.45, 7) is 16.4. The van der Waals surface area contributed by atoms with Gasteiger partial charge in [-0.15, -0.1) is 0 Å². The highest BCUT2D eigenvalue weighted by Gasteiger charge is 2.46. The Bertz CT molecular complexity index is 1990. The first kappa shape index (κ1) is 25.7. The zero-order chi connectivity index (χ0) is 29.1. The Morgan fingerprint density at radius 3 is 2.21 bits per heavy atom. The number of hydrogen-bond donors (Lipinski definition) is 0. The minimum Gasteiger partial charge on any atom is -0.335 e. The van der Waals surface area contributed by atoms with E-state index in [-0.39, 0.29) is 23.6 Å². The highest BCUT2D eigenvalue weighted by atomic mass is 15.2. The van der Waals surface area contributed by atoms with Crippen molar-refractivity contribution in [2.45, 2.75) is 66.3 Å². The number of aryl methyl sites for hydroxylation is 1. The maximum absolute atomic E-state index is 2.66. The second-order valence-electron chi connectivity index (χ2n) is 14.7. The number of benzene rings is 4. The standard InChI is InChI=1S/C39H39BN2/c1-24-21-34-36-35(22-24)42-32-14-9-8-11-28(32)29-12-10-13-30(37(29)42)40(36)31-23-26(39(5,6)7)17-20-33(31)41(34)27-18-15-25(16-19-27)38(2,3)4/h8-19,21-23,33H,20H2,1-7H3. The highest BCUT2D eigenvalue weighted by molar-refractivity contribution is 6.95. The molecule has 1 unspecified atom stereocenters. The van der Waals surface area contributed by atoms with Crippen LogP contribution in [0.1, 0.15) is 59.1 Å². The summed E-state index contributed by atoms with van der Waals surface area (Å²) in [7, 11) is 0. The third-order valence-electron chi connectivity index (χ3n) is 9.90. The number of allylic oxidation sites excluding steroid dienone is 2. The van der Waals surface area contributed by atoms with E-state index in [1.54, 1.807) is 0 Å². The van der Waals surface area contributed by atoms with Crippen LogP contribution in [-0.2, 0) is 5.41 Å². The molecule has 0 fully saturated rings. The summed E-state index contributed by atoms with van der Waals surface area (Å²) in [6.07, 6.45) is 6.09. The van der Waals surface area contributed by atoms with E-state index in [4.69, 9.17) is 0 Å². The molecule has 1 aromatic heterocycles. The molecule has 3 heterocycles. The second kappa shape index (κ2) is 8.54. The van der Waals surface area contributed by atoms with Crippen molar-refractivity contribution in [3.05, 3.63) is 113 Å². The highest BCUT2D eigenvalue weighted by Crippen LogP contribution is 2.45. The lowest BCUT2D eigenvalue weighted by molar-refractivity contribution is 0.509. The molecule has 208 valence electrons. The minimum atomic E-state index is 0.100. The van der Waals surface area contributed by atoms with Gasteiger partial charge >= 0.3 is 0 Å². The molecule has 0 saturated heterocycles. The molecule has 0 amide bonds. The Labute approximate surface area is 250 Å². The minimum absolute atomic E-state index is 0.100. The number of rotatable bonds is 1. The maximum Gasteiger partial charge on any atom is 0.247 e. The number of nitrogens with zero attached hydrogens (tertiary/aromatic N) is 2. The van der Waals surface area contributed by atoms with E-state index in [0.717, 1.165) is 6.42 Å². The molecule has 0 radical (unpaired) electrons. The number of fused-ring (bicyclic) bond motifs is 7. The van der Waals surface area contributed by atoms with Crippen molar-refractivity contribution in [1.29, 1.82) is 0 Å². The van der Waals surface area contributed by atoms with E-state index < -0.39 is 0 Å². The van der Waals surface area contributed by atoms with E-state index in [0.29, 0.717) is 0 Å². The topological polar surface area (TPSA) is 8.17 Å². The SMILES string of the molecule is Cc1cc2c3c(c1)-n1c4ccccc4c4cccc(c41)B3C1=CC(C(C)(C)C)=CCC1N2c1ccc(C(C)(C)C)cc1. The molecule has 3 heteroatoms. The normalized spacial score (nSPS) is 17.7. The molecule has 2 aliphatic heterocycles. The van der Waals surface area contributed by atoms with Crippen molar-refractivity contribution in [2.24, 2.45) is 5.41 Å². The molecule has 4 aromatic carbocycles. The molecule has 3 aliphatic rings. The number of aromatic nitrogens is 1. The molecular formula is C39H39BN2. The summed E-state index contributed by atoms with van der Waals surface area (Å²) in [5.74, 6) is 0. The zero-order valence-electron chi connectivity index (χ0n) is 25.9. The van der Waals surface area contributed by atoms with Crippen LogP contribution in [0.25, 0.3) is 27.5 Å². The fourth-order valence-corrected chi connectivity index (χ4v) is 7.84. The quantitative estimate of drug-likeness (QED) is 0.191. The second-order valence-corrected chi connectivity index (χ2v) is 14.7. The third-order valence-corrected chi connectivity index (χ3v) is 9.90. The van der Waals surface area contributed by atoms with Crippen LogP contribution in [0.3, 0.4) is 0 Å². The number of hydrogen-bond acceptors (Lipinski definition) is 1. The molecule has 2 nitrogen and oxygen atoms in total. The van der Waals surface area contributed by atoms with Crippen molar-refractivity contribution in [1.82, 2.24) is 4.57 Å². The molecule has 8 rings (SSSR count). The van der Waals surface area contributed by atoms with Gasteiger partial charge < -0.3 is 9.47 Å². The van der Waals surface area contributed by atoms with Crippen LogP contribution in [0, 0.1) is 12.3 Å². The summed E-state index contributed by atoms with van der Waals surface area (Å²) in [5, 5.41) is 2.69. The van der Waals surface area contributed by atoms with Gasteiger partial charge in [-0.05, 0) is 82.1 Å². The van der Waals surface area contributed by atoms with Gasteiger partial charge in [-0.3, -0.25) is 0 Å². The molecule has 1 atom stereocenters. The first-order valence-corrected chi connectivity index (χ1v) is 15.5. The van der Waals surface area contributed by atoms with Crippen molar-refractivity contribution in [2.75, 3.05) is 4.90 Å². The fourth-order valence-electron chi connectivity index (χ4n) is 7.84. The van der Waals surface area contributed by atoms with Gasteiger partial charge in [0.1, 0.15) is 0 Å². The molecule has 0 saturated carbocycles. The summed E-state index contributed by atoms with van der Waals surface area (Å²) in [4.78, 5) is 2.66. The van der Waals surface area contributed by atoms with Crippen molar-refractivity contribution in [3.8, 4) is 5.69 Å². The summed E-state index contributed by atoms with van der Waals surface area (Å²) in [5.41, 5.74) is 15.4. The smallest absolute Gasteiger partial charge is 0.247 e. The molecular weight excluding hydrogens is 507 g/mol. The largest absolute Gasteiger partial charge is 0.335 e. The van der Waals surface area contributed by atoms with Gasteiger partial charge in [-0.1, -0.05) is 108 Å². The molecule has 42 heavy (non-hydrogen) atoms. The van der Waals surface area contributed by atoms with Gasteiger partial charge in [0.15, 0.2) is 0 Å². The lowest BCUT2D eigenvalue weighted by atomic mass is 9.31. The van der Waals surface area contributed by atoms with Crippen molar-refractivity contribution in [3.63, 3.8) is 0 Å². The summed E-state index contributed by atoms with van der Waals surface area (Å²) < 4.78 is 2.56. The van der Waals surface area contributed by atoms with Crippen LogP contribution >= 0.6 is 0 Å². The fraction of sp³-hybridized carbons (Fsp3) is 0.282. The first-order valence-electron chi connectivity index (χ1n) is 15.5. The van der Waals surface area contributed by atoms with Crippen molar-refractivity contribution < 1.29 is 0 Å². The van der Waals surface area contributed by atoms with Crippen molar-refractivity contribution >= 4 is 50.8 Å². The van der Waals surface area contributed by atoms with Gasteiger partial charge in [0.05, 0.1) is 11.6 Å². The van der Waals surface area contributed by atoms with Gasteiger partial charge in [0.25, 0.3) is 0 Å². The molecule has 0 N–H and O–H groups in total. The van der Waals surface area contributed by atoms with Gasteiger partial charge in [-0.2, -0.15) is 0 Å². The van der Waals surface area contributed by atoms with Gasteiger partial charge in [-0.25, -0.2) is 0 Å². The predicted molar refractivity (Wildman–Crippen MR) is 182 cm³/mol. The zero-order valence-corrected chi connectivity index (χ0v) is 25.9. The molecule has 0 bridgehead atoms. The average Bonchev–Trinajstić information content (AvgIpc) is 3.29. The Kier molecular flexibility index (Phi) is 5.23. The van der Waals surface area contributed by atoms with Crippen LogP contribution in [0.15, 0.2) is 102 Å². The van der Waals surface area contributed by atoms with E-state index in [9.17, 15) is 0 Å². The molecule has 1 aliphatic carbocycles. The Morgan fingerprint density at radius 2 is 1.48 bits per heavy atom. The predicted octanol–water partition coefficient (Wildman–Crippen LogP) is 8.67. The molecule has 5 aromatic rings. The third kappa shape index (κ3) is 3.52. The average molecular weight is 547 g/mol. The molecule has 0 spiro atoms. The Hall–Kier alpha value is -3.98. The number of para-hydroxylation sites is 2. The van der Waals surface area contributed by atoms with E-state index in [1.807, 2.05) is 0 Å². The van der Waals surface area contributed by atoms with Crippen LogP contribution in [0.5, 0.6) is 0 Å². The number of anilines is 2. The Morgan fingerprint density at radius 1 is 0.762 bits per heavy atom. The van der Waals surface area contributed by atoms with E-state index >= 15 is 0 Å². The van der Waals surface area contributed by atoms with Crippen LogP contribution in [0.4, 0.5) is 11.4 Å². The van der Waals surface area contributed by atoms with Gasteiger partial charge in [0.2, 0.25) is 6.71 Å².